The lowest BCUT2D eigenvalue weighted by Crippen LogP contribution is -2.59. The summed E-state index contributed by atoms with van der Waals surface area (Å²) in [5, 5.41) is 11.7. The molecular weight excluding hydrogens is 674 g/mol. The summed E-state index contributed by atoms with van der Waals surface area (Å²) in [5.74, 6) is -1.79. The average Bonchev–Trinajstić information content (AvgIpc) is 3.88. The van der Waals surface area contributed by atoms with Crippen molar-refractivity contribution in [3.63, 3.8) is 0 Å². The molecule has 4 amide bonds. The van der Waals surface area contributed by atoms with Crippen molar-refractivity contribution in [1.29, 1.82) is 0 Å². The molecule has 2 heterocycles. The van der Waals surface area contributed by atoms with E-state index in [1.165, 1.54) is 0 Å². The summed E-state index contributed by atoms with van der Waals surface area (Å²) in [6.07, 6.45) is 2.64. The van der Waals surface area contributed by atoms with Crippen LogP contribution in [0.4, 0.5) is 0 Å². The zero-order valence-corrected chi connectivity index (χ0v) is 32.0. The third-order valence-electron chi connectivity index (χ3n) is 9.62. The molecule has 12 nitrogen and oxygen atoms in total. The number of hydrogen-bond donors (Lipinski definition) is 4. The molecule has 53 heavy (non-hydrogen) atoms. The van der Waals surface area contributed by atoms with E-state index in [0.29, 0.717) is 58.6 Å². The van der Waals surface area contributed by atoms with Crippen LogP contribution in [0.15, 0.2) is 60.7 Å². The Labute approximate surface area is 314 Å². The van der Waals surface area contributed by atoms with E-state index >= 15 is 0 Å². The van der Waals surface area contributed by atoms with Crippen LogP contribution in [0.25, 0.3) is 0 Å². The Bertz CT molecular complexity index is 1490. The first-order valence-electron chi connectivity index (χ1n) is 19.1. The summed E-state index contributed by atoms with van der Waals surface area (Å²) in [4.78, 5) is 70.6. The second-order valence-electron chi connectivity index (χ2n) is 15.4. The molecule has 12 heteroatoms. The molecule has 4 N–H and O–H groups in total. The van der Waals surface area contributed by atoms with E-state index in [1.54, 1.807) is 6.92 Å². The molecule has 0 bridgehead atoms. The topological polar surface area (TPSA) is 158 Å². The van der Waals surface area contributed by atoms with Gasteiger partial charge in [-0.3, -0.25) is 28.9 Å². The number of amides is 4. The monoisotopic (exact) mass is 733 g/mol. The van der Waals surface area contributed by atoms with Gasteiger partial charge in [-0.1, -0.05) is 88.4 Å². The standard InChI is InChI=1S/C41H59N5O7/c1-28(2)23-33(37(48)41(5)27-53-41)43-40(51)35(25-31-15-10-7-11-16-31)45-39(50)34(24-29(3)4)44-38(49)32(18-12-17-30-13-8-6-9-14-30)42-36(47)26-46-19-21-52-22-20-46/h6-11,13-16,28-29,32-35H,12,17-27H2,1-5H3,(H,42,47)(H,43,51)(H,44,49)(H,45,50)/t32-,33-,34+,35-,41+/m1/s1. The molecule has 2 aliphatic rings. The molecule has 0 radical (unpaired) electrons. The molecule has 0 unspecified atom stereocenters. The highest BCUT2D eigenvalue weighted by molar-refractivity contribution is 5.98. The lowest BCUT2D eigenvalue weighted by atomic mass is 9.93. The van der Waals surface area contributed by atoms with Crippen molar-refractivity contribution in [2.45, 2.75) is 103 Å². The zero-order valence-electron chi connectivity index (χ0n) is 32.0. The van der Waals surface area contributed by atoms with Gasteiger partial charge in [0.1, 0.15) is 23.7 Å². The number of ether oxygens (including phenoxy) is 2. The highest BCUT2D eigenvalue weighted by Crippen LogP contribution is 2.29. The van der Waals surface area contributed by atoms with Gasteiger partial charge in [-0.2, -0.15) is 0 Å². The number of morpholine rings is 1. The Morgan fingerprint density at radius 1 is 0.698 bits per heavy atom. The van der Waals surface area contributed by atoms with Crippen molar-refractivity contribution < 1.29 is 33.4 Å². The Morgan fingerprint density at radius 2 is 1.21 bits per heavy atom. The molecule has 4 rings (SSSR count). The number of benzene rings is 2. The van der Waals surface area contributed by atoms with Crippen LogP contribution >= 0.6 is 0 Å². The van der Waals surface area contributed by atoms with Crippen molar-refractivity contribution in [2.24, 2.45) is 11.8 Å². The van der Waals surface area contributed by atoms with Gasteiger partial charge >= 0.3 is 0 Å². The maximum Gasteiger partial charge on any atom is 0.243 e. The quantitative estimate of drug-likeness (QED) is 0.143. The summed E-state index contributed by atoms with van der Waals surface area (Å²) in [6, 6.07) is 15.6. The molecule has 2 saturated heterocycles. The molecule has 2 aromatic rings. The van der Waals surface area contributed by atoms with Gasteiger partial charge in [-0.25, -0.2) is 0 Å². The molecule has 5 atom stereocenters. The van der Waals surface area contributed by atoms with Crippen molar-refractivity contribution in [1.82, 2.24) is 26.2 Å². The van der Waals surface area contributed by atoms with Crippen LogP contribution in [0.3, 0.4) is 0 Å². The number of epoxide rings is 1. The molecule has 290 valence electrons. The van der Waals surface area contributed by atoms with Crippen molar-refractivity contribution >= 4 is 29.4 Å². The summed E-state index contributed by atoms with van der Waals surface area (Å²) in [7, 11) is 0. The number of hydrogen-bond acceptors (Lipinski definition) is 8. The predicted molar refractivity (Wildman–Crippen MR) is 203 cm³/mol. The van der Waals surface area contributed by atoms with Gasteiger partial charge in [0, 0.05) is 19.5 Å². The van der Waals surface area contributed by atoms with Crippen molar-refractivity contribution in [3.8, 4) is 0 Å². The fraction of sp³-hybridized carbons (Fsp3) is 0.585. The van der Waals surface area contributed by atoms with E-state index in [0.717, 1.165) is 17.5 Å². The smallest absolute Gasteiger partial charge is 0.243 e. The van der Waals surface area contributed by atoms with Crippen LogP contribution in [-0.2, 0) is 46.3 Å². The van der Waals surface area contributed by atoms with Crippen molar-refractivity contribution in [3.05, 3.63) is 71.8 Å². The average molecular weight is 734 g/mol. The molecular formula is C41H59N5O7. The maximum atomic E-state index is 14.1. The predicted octanol–water partition coefficient (Wildman–Crippen LogP) is 2.97. The van der Waals surface area contributed by atoms with Gasteiger partial charge in [0.05, 0.1) is 32.4 Å². The summed E-state index contributed by atoms with van der Waals surface area (Å²) < 4.78 is 10.8. The molecule has 2 aliphatic heterocycles. The van der Waals surface area contributed by atoms with Crippen LogP contribution < -0.4 is 21.3 Å². The van der Waals surface area contributed by atoms with Crippen molar-refractivity contribution in [2.75, 3.05) is 39.5 Å². The zero-order chi connectivity index (χ0) is 38.4. The second-order valence-corrected chi connectivity index (χ2v) is 15.4. The molecule has 0 saturated carbocycles. The van der Waals surface area contributed by atoms with Crippen LogP contribution in [0.5, 0.6) is 0 Å². The fourth-order valence-electron chi connectivity index (χ4n) is 6.53. The van der Waals surface area contributed by atoms with Gasteiger partial charge in [0.25, 0.3) is 0 Å². The van der Waals surface area contributed by atoms with E-state index < -0.39 is 47.5 Å². The molecule has 0 spiro atoms. The Balaban J connectivity index is 1.50. The van der Waals surface area contributed by atoms with Gasteiger partial charge in [-0.15, -0.1) is 0 Å². The van der Waals surface area contributed by atoms with Crippen LogP contribution in [-0.4, -0.2) is 104 Å². The maximum absolute atomic E-state index is 14.1. The van der Waals surface area contributed by atoms with Gasteiger partial charge in [-0.05, 0) is 62.0 Å². The first-order chi connectivity index (χ1) is 25.3. The number of carbonyl (C=O) groups is 5. The van der Waals surface area contributed by atoms with E-state index in [-0.39, 0.29) is 36.5 Å². The van der Waals surface area contributed by atoms with E-state index in [4.69, 9.17) is 9.47 Å². The number of nitrogens with zero attached hydrogens (tertiary/aromatic N) is 1. The van der Waals surface area contributed by atoms with Crippen LogP contribution in [0.1, 0.15) is 71.4 Å². The summed E-state index contributed by atoms with van der Waals surface area (Å²) in [6.45, 7) is 12.4. The Kier molecular flexibility index (Phi) is 16.0. The number of Topliss-reactive ketones (excluding diaryl/α,β-unsaturated/α-hetero) is 1. The lowest BCUT2D eigenvalue weighted by Gasteiger charge is -2.29. The third kappa shape index (κ3) is 14.0. The van der Waals surface area contributed by atoms with Gasteiger partial charge in [0.2, 0.25) is 23.6 Å². The Morgan fingerprint density at radius 3 is 1.79 bits per heavy atom. The van der Waals surface area contributed by atoms with Gasteiger partial charge < -0.3 is 30.7 Å². The molecule has 2 fully saturated rings. The second kappa shape index (κ2) is 20.4. The number of ketones is 1. The highest BCUT2D eigenvalue weighted by atomic mass is 16.6. The lowest BCUT2D eigenvalue weighted by molar-refractivity contribution is -0.135. The van der Waals surface area contributed by atoms with Crippen LogP contribution in [0, 0.1) is 11.8 Å². The minimum atomic E-state index is -1.03. The fourth-order valence-corrected chi connectivity index (χ4v) is 6.53. The first kappa shape index (κ1) is 41.6. The summed E-state index contributed by atoms with van der Waals surface area (Å²) in [5.41, 5.74) is 1.03. The SMILES string of the molecule is CC(C)C[C@H](NC(=O)[C@@H](CCCc1ccccc1)NC(=O)CN1CCOCC1)C(=O)N[C@H](Cc1ccccc1)C(=O)N[C@H](CC(C)C)C(=O)[C@]1(C)CO1. The number of carbonyl (C=O) groups excluding carboxylic acids is 5. The number of rotatable bonds is 21. The minimum Gasteiger partial charge on any atom is -0.379 e. The van der Waals surface area contributed by atoms with Gasteiger partial charge in [0.15, 0.2) is 5.78 Å². The normalized spacial score (nSPS) is 19.5. The molecule has 0 aromatic heterocycles. The van der Waals surface area contributed by atoms with E-state index in [1.807, 2.05) is 93.3 Å². The third-order valence-corrected chi connectivity index (χ3v) is 9.62. The van der Waals surface area contributed by atoms with E-state index in [9.17, 15) is 24.0 Å². The first-order valence-corrected chi connectivity index (χ1v) is 19.1. The molecule has 2 aromatic carbocycles. The van der Waals surface area contributed by atoms with Crippen LogP contribution in [0.2, 0.25) is 0 Å². The largest absolute Gasteiger partial charge is 0.379 e. The number of nitrogens with one attached hydrogen (secondary N) is 4. The number of aryl methyl sites for hydroxylation is 1. The Hall–Kier alpha value is -4.13. The summed E-state index contributed by atoms with van der Waals surface area (Å²) >= 11 is 0. The highest BCUT2D eigenvalue weighted by Gasteiger charge is 2.50. The van der Waals surface area contributed by atoms with E-state index in [2.05, 4.69) is 21.3 Å². The minimum absolute atomic E-state index is 0.0206. The molecule has 0 aliphatic carbocycles.